The maximum atomic E-state index is 11.8. The SMILES string of the molecule is CCCC(NC(=O)Nc1ccccc1OCC)C(=O)O. The van der Waals surface area contributed by atoms with Crippen molar-refractivity contribution in [3.8, 4) is 5.75 Å². The summed E-state index contributed by atoms with van der Waals surface area (Å²) in [5, 5.41) is 14.0. The number of carboxylic acid groups (broad SMARTS) is 1. The number of nitrogens with one attached hydrogen (secondary N) is 2. The van der Waals surface area contributed by atoms with Crippen molar-refractivity contribution in [2.24, 2.45) is 0 Å². The van der Waals surface area contributed by atoms with Crippen molar-refractivity contribution in [2.45, 2.75) is 32.7 Å². The van der Waals surface area contributed by atoms with Crippen molar-refractivity contribution in [3.63, 3.8) is 0 Å². The van der Waals surface area contributed by atoms with Gasteiger partial charge in [-0.2, -0.15) is 0 Å². The molecule has 110 valence electrons. The van der Waals surface area contributed by atoms with Crippen molar-refractivity contribution in [1.82, 2.24) is 5.32 Å². The van der Waals surface area contributed by atoms with Crippen LogP contribution in [-0.4, -0.2) is 29.8 Å². The summed E-state index contributed by atoms with van der Waals surface area (Å²) < 4.78 is 5.38. The minimum atomic E-state index is -1.04. The molecule has 20 heavy (non-hydrogen) atoms. The van der Waals surface area contributed by atoms with E-state index in [-0.39, 0.29) is 0 Å². The molecule has 6 nitrogen and oxygen atoms in total. The largest absolute Gasteiger partial charge is 0.492 e. The lowest BCUT2D eigenvalue weighted by Gasteiger charge is -2.15. The van der Waals surface area contributed by atoms with Gasteiger partial charge in [0.15, 0.2) is 0 Å². The van der Waals surface area contributed by atoms with E-state index < -0.39 is 18.0 Å². The number of anilines is 1. The topological polar surface area (TPSA) is 87.7 Å². The molecule has 0 aliphatic rings. The smallest absolute Gasteiger partial charge is 0.326 e. The van der Waals surface area contributed by atoms with Crippen LogP contribution in [0.5, 0.6) is 5.75 Å². The molecule has 1 atom stereocenters. The monoisotopic (exact) mass is 280 g/mol. The zero-order valence-corrected chi connectivity index (χ0v) is 11.7. The maximum Gasteiger partial charge on any atom is 0.326 e. The van der Waals surface area contributed by atoms with Crippen molar-refractivity contribution in [1.29, 1.82) is 0 Å². The fraction of sp³-hybridized carbons (Fsp3) is 0.429. The molecule has 3 N–H and O–H groups in total. The molecule has 2 amide bonds. The quantitative estimate of drug-likeness (QED) is 0.716. The number of aliphatic carboxylic acids is 1. The van der Waals surface area contributed by atoms with Crippen molar-refractivity contribution in [2.75, 3.05) is 11.9 Å². The first-order chi connectivity index (χ1) is 9.58. The Balaban J connectivity index is 2.68. The second-order valence-corrected chi connectivity index (χ2v) is 4.21. The van der Waals surface area contributed by atoms with Crippen LogP contribution in [0.25, 0.3) is 0 Å². The average molecular weight is 280 g/mol. The number of hydrogen-bond acceptors (Lipinski definition) is 3. The normalized spacial score (nSPS) is 11.5. The predicted molar refractivity (Wildman–Crippen MR) is 76.1 cm³/mol. The summed E-state index contributed by atoms with van der Waals surface area (Å²) in [4.78, 5) is 22.8. The molecule has 1 aromatic carbocycles. The van der Waals surface area contributed by atoms with E-state index in [0.717, 1.165) is 0 Å². The Morgan fingerprint density at radius 2 is 2.00 bits per heavy atom. The number of carbonyl (C=O) groups excluding carboxylic acids is 1. The van der Waals surface area contributed by atoms with Crippen LogP contribution in [0.15, 0.2) is 24.3 Å². The van der Waals surface area contributed by atoms with Gasteiger partial charge in [-0.15, -0.1) is 0 Å². The number of para-hydroxylation sites is 2. The van der Waals surface area contributed by atoms with Crippen LogP contribution in [0.2, 0.25) is 0 Å². The van der Waals surface area contributed by atoms with Crippen LogP contribution in [0.1, 0.15) is 26.7 Å². The van der Waals surface area contributed by atoms with Gasteiger partial charge in [0.1, 0.15) is 11.8 Å². The Labute approximate surface area is 118 Å². The molecule has 0 saturated carbocycles. The third-order valence-electron chi connectivity index (χ3n) is 2.62. The molecule has 0 spiro atoms. The highest BCUT2D eigenvalue weighted by Gasteiger charge is 2.19. The minimum Gasteiger partial charge on any atom is -0.492 e. The molecule has 1 aromatic rings. The summed E-state index contributed by atoms with van der Waals surface area (Å²) in [7, 11) is 0. The minimum absolute atomic E-state index is 0.385. The number of amides is 2. The molecule has 0 aliphatic carbocycles. The van der Waals surface area contributed by atoms with Gasteiger partial charge in [0.05, 0.1) is 12.3 Å². The maximum absolute atomic E-state index is 11.8. The van der Waals surface area contributed by atoms with E-state index in [1.54, 1.807) is 24.3 Å². The molecule has 0 heterocycles. The Morgan fingerprint density at radius 3 is 2.60 bits per heavy atom. The van der Waals surface area contributed by atoms with E-state index in [9.17, 15) is 9.59 Å². The third kappa shape index (κ3) is 4.79. The lowest BCUT2D eigenvalue weighted by Crippen LogP contribution is -2.42. The fourth-order valence-electron chi connectivity index (χ4n) is 1.71. The third-order valence-corrected chi connectivity index (χ3v) is 2.62. The van der Waals surface area contributed by atoms with Gasteiger partial charge in [-0.25, -0.2) is 9.59 Å². The Bertz CT molecular complexity index is 462. The summed E-state index contributed by atoms with van der Waals surface area (Å²) in [6, 6.07) is 5.54. The van der Waals surface area contributed by atoms with Crippen LogP contribution in [0, 0.1) is 0 Å². The van der Waals surface area contributed by atoms with Crippen LogP contribution in [0.3, 0.4) is 0 Å². The number of carbonyl (C=O) groups is 2. The summed E-state index contributed by atoms with van der Waals surface area (Å²) in [6.07, 6.45) is 1.06. The van der Waals surface area contributed by atoms with E-state index in [2.05, 4.69) is 10.6 Å². The number of carboxylic acids is 1. The van der Waals surface area contributed by atoms with Crippen LogP contribution >= 0.6 is 0 Å². The first-order valence-corrected chi connectivity index (χ1v) is 6.60. The number of rotatable bonds is 7. The molecule has 0 aliphatic heterocycles. The first-order valence-electron chi connectivity index (χ1n) is 6.60. The average Bonchev–Trinajstić information content (AvgIpc) is 2.40. The molecule has 6 heteroatoms. The lowest BCUT2D eigenvalue weighted by molar-refractivity contribution is -0.139. The van der Waals surface area contributed by atoms with E-state index in [4.69, 9.17) is 9.84 Å². The molecular formula is C14H20N2O4. The first kappa shape index (κ1) is 15.8. The van der Waals surface area contributed by atoms with Crippen molar-refractivity contribution < 1.29 is 19.4 Å². The molecule has 0 aromatic heterocycles. The molecular weight excluding hydrogens is 260 g/mol. The number of benzene rings is 1. The van der Waals surface area contributed by atoms with Crippen molar-refractivity contribution >= 4 is 17.7 Å². The Kier molecular flexibility index (Phi) is 6.36. The van der Waals surface area contributed by atoms with Crippen molar-refractivity contribution in [3.05, 3.63) is 24.3 Å². The van der Waals surface area contributed by atoms with E-state index in [1.807, 2.05) is 13.8 Å². The van der Waals surface area contributed by atoms with Gasteiger partial charge >= 0.3 is 12.0 Å². The Hall–Kier alpha value is -2.24. The van der Waals surface area contributed by atoms with Crippen LogP contribution in [-0.2, 0) is 4.79 Å². The van der Waals surface area contributed by atoms with Gasteiger partial charge in [0.25, 0.3) is 0 Å². The zero-order chi connectivity index (χ0) is 15.0. The summed E-state index contributed by atoms with van der Waals surface area (Å²) >= 11 is 0. The predicted octanol–water partition coefficient (Wildman–Crippen LogP) is 2.46. The fourth-order valence-corrected chi connectivity index (χ4v) is 1.71. The van der Waals surface area contributed by atoms with E-state index in [1.165, 1.54) is 0 Å². The van der Waals surface area contributed by atoms with Gasteiger partial charge in [0.2, 0.25) is 0 Å². The van der Waals surface area contributed by atoms with Gasteiger partial charge in [-0.1, -0.05) is 25.5 Å². The summed E-state index contributed by atoms with van der Waals surface area (Å²) in [5.41, 5.74) is 0.507. The molecule has 0 fully saturated rings. The molecule has 1 rings (SSSR count). The van der Waals surface area contributed by atoms with E-state index >= 15 is 0 Å². The number of hydrogen-bond donors (Lipinski definition) is 3. The molecule has 0 saturated heterocycles. The van der Waals surface area contributed by atoms with Gasteiger partial charge in [-0.3, -0.25) is 0 Å². The van der Waals surface area contributed by atoms with Gasteiger partial charge in [-0.05, 0) is 25.5 Å². The standard InChI is InChI=1S/C14H20N2O4/c1-3-7-11(13(17)18)16-14(19)15-10-8-5-6-9-12(10)20-4-2/h5-6,8-9,11H,3-4,7H2,1-2H3,(H,17,18)(H2,15,16,19). The molecule has 0 radical (unpaired) electrons. The van der Waals surface area contributed by atoms with Gasteiger partial charge in [0, 0.05) is 0 Å². The van der Waals surface area contributed by atoms with E-state index in [0.29, 0.717) is 30.9 Å². The molecule has 0 bridgehead atoms. The lowest BCUT2D eigenvalue weighted by atomic mass is 10.2. The van der Waals surface area contributed by atoms with Gasteiger partial charge < -0.3 is 20.5 Å². The highest BCUT2D eigenvalue weighted by Crippen LogP contribution is 2.23. The highest BCUT2D eigenvalue weighted by molar-refractivity contribution is 5.93. The zero-order valence-electron chi connectivity index (χ0n) is 11.7. The second kappa shape index (κ2) is 8.04. The summed E-state index contributed by atoms with van der Waals surface area (Å²) in [6.45, 7) is 4.19. The van der Waals surface area contributed by atoms with Crippen LogP contribution in [0.4, 0.5) is 10.5 Å². The molecule has 1 unspecified atom stereocenters. The Morgan fingerprint density at radius 1 is 1.30 bits per heavy atom. The van der Waals surface area contributed by atoms with Crippen LogP contribution < -0.4 is 15.4 Å². The number of urea groups is 1. The summed E-state index contributed by atoms with van der Waals surface area (Å²) in [5.74, 6) is -0.493. The highest BCUT2D eigenvalue weighted by atomic mass is 16.5. The second-order valence-electron chi connectivity index (χ2n) is 4.21. The number of ether oxygens (including phenoxy) is 1.